The molecule has 3 rings (SSSR count). The molecule has 1 aliphatic rings. The van der Waals surface area contributed by atoms with E-state index in [4.69, 9.17) is 5.73 Å². The van der Waals surface area contributed by atoms with Crippen molar-refractivity contribution in [1.29, 1.82) is 0 Å². The Morgan fingerprint density at radius 1 is 1.00 bits per heavy atom. The Morgan fingerprint density at radius 2 is 1.58 bits per heavy atom. The van der Waals surface area contributed by atoms with Gasteiger partial charge in [0.25, 0.3) is 5.91 Å². The fourth-order valence-electron chi connectivity index (χ4n) is 4.17. The van der Waals surface area contributed by atoms with Crippen LogP contribution >= 0.6 is 0 Å². The summed E-state index contributed by atoms with van der Waals surface area (Å²) in [5, 5.41) is 2.65. The lowest BCUT2D eigenvalue weighted by molar-refractivity contribution is -0.137. The second-order valence-corrected chi connectivity index (χ2v) is 10.1. The first-order valence-electron chi connectivity index (χ1n) is 11.4. The normalized spacial score (nSPS) is 18.6. The molecular formula is C26H33F2N3O2. The summed E-state index contributed by atoms with van der Waals surface area (Å²) in [6.07, 6.45) is 4.09. The summed E-state index contributed by atoms with van der Waals surface area (Å²) >= 11 is 0. The van der Waals surface area contributed by atoms with Crippen molar-refractivity contribution in [2.24, 2.45) is 11.1 Å². The molecule has 0 radical (unpaired) electrons. The Balaban J connectivity index is 1.70. The molecule has 2 amide bonds. The van der Waals surface area contributed by atoms with Crippen LogP contribution in [0.25, 0.3) is 0 Å². The van der Waals surface area contributed by atoms with E-state index in [0.717, 1.165) is 49.4 Å². The van der Waals surface area contributed by atoms with Gasteiger partial charge >= 0.3 is 0 Å². The second kappa shape index (κ2) is 10.4. The van der Waals surface area contributed by atoms with Crippen LogP contribution in [0.1, 0.15) is 68.8 Å². The van der Waals surface area contributed by atoms with Crippen molar-refractivity contribution < 1.29 is 18.4 Å². The van der Waals surface area contributed by atoms with Gasteiger partial charge in [-0.3, -0.25) is 9.59 Å². The Bertz CT molecular complexity index is 958. The third-order valence-electron chi connectivity index (χ3n) is 5.87. The van der Waals surface area contributed by atoms with E-state index in [9.17, 15) is 18.4 Å². The number of carbonyl (C=O) groups is 2. The van der Waals surface area contributed by atoms with E-state index in [-0.39, 0.29) is 29.0 Å². The molecule has 0 spiro atoms. The highest BCUT2D eigenvalue weighted by Crippen LogP contribution is 2.28. The molecule has 0 saturated heterocycles. The zero-order valence-corrected chi connectivity index (χ0v) is 19.5. The number of anilines is 1. The molecule has 1 fully saturated rings. The maximum atomic E-state index is 13.4. The van der Waals surface area contributed by atoms with Crippen LogP contribution < -0.4 is 11.1 Å². The highest BCUT2D eigenvalue weighted by Gasteiger charge is 2.30. The summed E-state index contributed by atoms with van der Waals surface area (Å²) in [7, 11) is 0. The molecule has 178 valence electrons. The molecule has 1 saturated carbocycles. The first-order chi connectivity index (χ1) is 15.5. The highest BCUT2D eigenvalue weighted by molar-refractivity contribution is 6.04. The standard InChI is InChI=1S/C26H33F2N3O2/c1-26(2,3)15-24(32)31(23-10-6-21(29)7-11-23)16-17-4-8-22(9-5-17)30-25(33)18-12-19(27)14-20(28)13-18/h4-5,8-9,12-14,21,23H,6-7,10-11,15-16,29H2,1-3H3,(H,30,33). The summed E-state index contributed by atoms with van der Waals surface area (Å²) in [5.41, 5.74) is 7.32. The number of amides is 2. The molecule has 1 aliphatic carbocycles. The van der Waals surface area contributed by atoms with Crippen LogP contribution in [-0.2, 0) is 11.3 Å². The Labute approximate surface area is 194 Å². The lowest BCUT2D eigenvalue weighted by atomic mass is 9.88. The molecule has 0 aliphatic heterocycles. The first kappa shape index (κ1) is 24.8. The zero-order chi connectivity index (χ0) is 24.2. The summed E-state index contributed by atoms with van der Waals surface area (Å²) in [4.78, 5) is 27.4. The van der Waals surface area contributed by atoms with Crippen molar-refractivity contribution >= 4 is 17.5 Å². The largest absolute Gasteiger partial charge is 0.335 e. The average Bonchev–Trinajstić information content (AvgIpc) is 2.72. The topological polar surface area (TPSA) is 75.4 Å². The first-order valence-corrected chi connectivity index (χ1v) is 11.4. The molecule has 0 bridgehead atoms. The van der Waals surface area contributed by atoms with Crippen molar-refractivity contribution in [2.45, 2.75) is 71.5 Å². The zero-order valence-electron chi connectivity index (χ0n) is 19.5. The molecule has 33 heavy (non-hydrogen) atoms. The van der Waals surface area contributed by atoms with Gasteiger partial charge in [0.1, 0.15) is 11.6 Å². The molecule has 5 nitrogen and oxygen atoms in total. The van der Waals surface area contributed by atoms with Gasteiger partial charge < -0.3 is 16.0 Å². The van der Waals surface area contributed by atoms with Gasteiger partial charge in [0.15, 0.2) is 0 Å². The van der Waals surface area contributed by atoms with Crippen LogP contribution in [0.2, 0.25) is 0 Å². The van der Waals surface area contributed by atoms with E-state index < -0.39 is 17.5 Å². The SMILES string of the molecule is CC(C)(C)CC(=O)N(Cc1ccc(NC(=O)c2cc(F)cc(F)c2)cc1)C1CCC(N)CC1. The molecular weight excluding hydrogens is 424 g/mol. The highest BCUT2D eigenvalue weighted by atomic mass is 19.1. The predicted octanol–water partition coefficient (Wildman–Crippen LogP) is 5.25. The van der Waals surface area contributed by atoms with Crippen molar-refractivity contribution in [3.05, 3.63) is 65.2 Å². The number of carbonyl (C=O) groups excluding carboxylic acids is 2. The molecule has 2 aromatic rings. The number of rotatable bonds is 6. The molecule has 0 unspecified atom stereocenters. The van der Waals surface area contributed by atoms with Crippen molar-refractivity contribution in [2.75, 3.05) is 5.32 Å². The number of halogens is 2. The minimum atomic E-state index is -0.806. The summed E-state index contributed by atoms with van der Waals surface area (Å²) in [6.45, 7) is 6.66. The van der Waals surface area contributed by atoms with Gasteiger partial charge in [-0.1, -0.05) is 32.9 Å². The monoisotopic (exact) mass is 457 g/mol. The Morgan fingerprint density at radius 3 is 2.12 bits per heavy atom. The minimum Gasteiger partial charge on any atom is -0.335 e. The number of nitrogens with two attached hydrogens (primary N) is 1. The van der Waals surface area contributed by atoms with Gasteiger partial charge in [0, 0.05) is 42.4 Å². The molecule has 0 atom stereocenters. The van der Waals surface area contributed by atoms with E-state index in [1.165, 1.54) is 0 Å². The second-order valence-electron chi connectivity index (χ2n) is 10.1. The third-order valence-corrected chi connectivity index (χ3v) is 5.87. The lowest BCUT2D eigenvalue weighted by Gasteiger charge is -2.37. The molecule has 0 aromatic heterocycles. The van der Waals surface area contributed by atoms with Crippen LogP contribution in [0.3, 0.4) is 0 Å². The van der Waals surface area contributed by atoms with Crippen molar-refractivity contribution in [3.63, 3.8) is 0 Å². The quantitative estimate of drug-likeness (QED) is 0.622. The number of hydrogen-bond acceptors (Lipinski definition) is 3. The van der Waals surface area contributed by atoms with Gasteiger partial charge in [-0.05, 0) is 60.9 Å². The van der Waals surface area contributed by atoms with E-state index in [0.29, 0.717) is 18.7 Å². The number of hydrogen-bond donors (Lipinski definition) is 2. The van der Waals surface area contributed by atoms with E-state index in [1.54, 1.807) is 12.1 Å². The smallest absolute Gasteiger partial charge is 0.255 e. The average molecular weight is 458 g/mol. The van der Waals surface area contributed by atoms with Gasteiger partial charge in [0.05, 0.1) is 0 Å². The van der Waals surface area contributed by atoms with Gasteiger partial charge in [-0.2, -0.15) is 0 Å². The fourth-order valence-corrected chi connectivity index (χ4v) is 4.17. The number of benzene rings is 2. The maximum absolute atomic E-state index is 13.4. The molecule has 7 heteroatoms. The summed E-state index contributed by atoms with van der Waals surface area (Å²) in [6, 6.07) is 10.2. The maximum Gasteiger partial charge on any atom is 0.255 e. The van der Waals surface area contributed by atoms with E-state index >= 15 is 0 Å². The number of nitrogens with one attached hydrogen (secondary N) is 1. The Hall–Kier alpha value is -2.80. The molecule has 0 heterocycles. The fraction of sp³-hybridized carbons (Fsp3) is 0.462. The van der Waals surface area contributed by atoms with Gasteiger partial charge in [0.2, 0.25) is 5.91 Å². The lowest BCUT2D eigenvalue weighted by Crippen LogP contribution is -2.44. The van der Waals surface area contributed by atoms with Crippen LogP contribution in [0.4, 0.5) is 14.5 Å². The molecule has 2 aromatic carbocycles. The third kappa shape index (κ3) is 7.35. The number of nitrogens with zero attached hydrogens (tertiary/aromatic N) is 1. The van der Waals surface area contributed by atoms with Crippen LogP contribution in [-0.4, -0.2) is 28.8 Å². The van der Waals surface area contributed by atoms with Crippen molar-refractivity contribution in [1.82, 2.24) is 4.90 Å². The van der Waals surface area contributed by atoms with E-state index in [2.05, 4.69) is 26.1 Å². The van der Waals surface area contributed by atoms with E-state index in [1.807, 2.05) is 17.0 Å². The van der Waals surface area contributed by atoms with Gasteiger partial charge in [-0.25, -0.2) is 8.78 Å². The Kier molecular flexibility index (Phi) is 7.84. The summed E-state index contributed by atoms with van der Waals surface area (Å²) in [5.74, 6) is -2.08. The van der Waals surface area contributed by atoms with Crippen LogP contribution in [0.5, 0.6) is 0 Å². The van der Waals surface area contributed by atoms with Crippen LogP contribution in [0, 0.1) is 17.0 Å². The van der Waals surface area contributed by atoms with Crippen LogP contribution in [0.15, 0.2) is 42.5 Å². The minimum absolute atomic E-state index is 0.0916. The summed E-state index contributed by atoms with van der Waals surface area (Å²) < 4.78 is 26.8. The van der Waals surface area contributed by atoms with Crippen molar-refractivity contribution in [3.8, 4) is 0 Å². The van der Waals surface area contributed by atoms with Gasteiger partial charge in [-0.15, -0.1) is 0 Å². The molecule has 3 N–H and O–H groups in total. The predicted molar refractivity (Wildman–Crippen MR) is 126 cm³/mol.